The average molecular weight is 423 g/mol. The molecule has 0 aliphatic carbocycles. The number of halogens is 3. The van der Waals surface area contributed by atoms with Crippen molar-refractivity contribution < 1.29 is 36.7 Å². The minimum atomic E-state index is -4.85. The van der Waals surface area contributed by atoms with Crippen molar-refractivity contribution in [1.29, 1.82) is 0 Å². The van der Waals surface area contributed by atoms with E-state index in [1.165, 1.54) is 24.3 Å². The lowest BCUT2D eigenvalue weighted by molar-refractivity contribution is -0.274. The van der Waals surface area contributed by atoms with Crippen LogP contribution < -0.4 is 10.1 Å². The minimum Gasteiger partial charge on any atom is -0.452 e. The summed E-state index contributed by atoms with van der Waals surface area (Å²) in [5.74, 6) is -1.60. The van der Waals surface area contributed by atoms with Gasteiger partial charge in [-0.2, -0.15) is 5.10 Å². The molecule has 0 spiro atoms. The SMILES string of the molecule is O=C(COC(=O)c1ccc(Cn2cccn2)o1)NCc1ccccc1OC(F)(F)F. The zero-order valence-electron chi connectivity index (χ0n) is 15.4. The van der Waals surface area contributed by atoms with Gasteiger partial charge in [-0.05, 0) is 24.3 Å². The highest BCUT2D eigenvalue weighted by Crippen LogP contribution is 2.26. The normalized spacial score (nSPS) is 11.2. The molecule has 8 nitrogen and oxygen atoms in total. The third-order valence-corrected chi connectivity index (χ3v) is 3.75. The van der Waals surface area contributed by atoms with Crippen molar-refractivity contribution in [3.05, 3.63) is 71.9 Å². The fraction of sp³-hybridized carbons (Fsp3) is 0.211. The molecule has 11 heteroatoms. The summed E-state index contributed by atoms with van der Waals surface area (Å²) < 4.78 is 53.0. The highest BCUT2D eigenvalue weighted by Gasteiger charge is 2.32. The number of aromatic nitrogens is 2. The number of carbonyl (C=O) groups excluding carboxylic acids is 2. The van der Waals surface area contributed by atoms with Gasteiger partial charge in [-0.25, -0.2) is 4.79 Å². The molecule has 0 atom stereocenters. The van der Waals surface area contributed by atoms with E-state index >= 15 is 0 Å². The highest BCUT2D eigenvalue weighted by molar-refractivity contribution is 5.88. The minimum absolute atomic E-state index is 0.0890. The van der Waals surface area contributed by atoms with E-state index in [2.05, 4.69) is 15.2 Å². The Morgan fingerprint density at radius 3 is 2.67 bits per heavy atom. The Bertz CT molecular complexity index is 999. The van der Waals surface area contributed by atoms with E-state index in [0.29, 0.717) is 12.3 Å². The third-order valence-electron chi connectivity index (χ3n) is 3.75. The van der Waals surface area contributed by atoms with Gasteiger partial charge in [0, 0.05) is 24.5 Å². The number of nitrogens with zero attached hydrogens (tertiary/aromatic N) is 2. The van der Waals surface area contributed by atoms with Crippen LogP contribution in [0.5, 0.6) is 5.75 Å². The fourth-order valence-corrected chi connectivity index (χ4v) is 2.45. The van der Waals surface area contributed by atoms with Crippen LogP contribution in [0.3, 0.4) is 0 Å². The number of ether oxygens (including phenoxy) is 2. The number of rotatable bonds is 8. The molecule has 0 saturated heterocycles. The number of para-hydroxylation sites is 1. The van der Waals surface area contributed by atoms with E-state index in [4.69, 9.17) is 9.15 Å². The molecule has 0 radical (unpaired) electrons. The van der Waals surface area contributed by atoms with Crippen LogP contribution >= 0.6 is 0 Å². The molecular formula is C19H16F3N3O5. The Balaban J connectivity index is 1.47. The molecule has 0 aliphatic heterocycles. The van der Waals surface area contributed by atoms with Crippen LogP contribution in [-0.2, 0) is 22.6 Å². The molecule has 2 heterocycles. The van der Waals surface area contributed by atoms with Gasteiger partial charge in [0.25, 0.3) is 5.91 Å². The van der Waals surface area contributed by atoms with Gasteiger partial charge in [0.2, 0.25) is 5.76 Å². The number of hydrogen-bond donors (Lipinski definition) is 1. The van der Waals surface area contributed by atoms with Gasteiger partial charge >= 0.3 is 12.3 Å². The van der Waals surface area contributed by atoms with Gasteiger partial charge in [0.05, 0.1) is 6.54 Å². The molecule has 2 aromatic heterocycles. The van der Waals surface area contributed by atoms with Crippen molar-refractivity contribution in [2.75, 3.05) is 6.61 Å². The topological polar surface area (TPSA) is 95.6 Å². The van der Waals surface area contributed by atoms with Crippen molar-refractivity contribution in [1.82, 2.24) is 15.1 Å². The predicted molar refractivity (Wildman–Crippen MR) is 95.3 cm³/mol. The zero-order chi connectivity index (χ0) is 21.6. The highest BCUT2D eigenvalue weighted by atomic mass is 19.4. The average Bonchev–Trinajstić information content (AvgIpc) is 3.37. The quantitative estimate of drug-likeness (QED) is 0.560. The van der Waals surface area contributed by atoms with Gasteiger partial charge in [-0.1, -0.05) is 18.2 Å². The Morgan fingerprint density at radius 2 is 1.93 bits per heavy atom. The van der Waals surface area contributed by atoms with Gasteiger partial charge in [0.15, 0.2) is 6.61 Å². The van der Waals surface area contributed by atoms with Gasteiger partial charge in [-0.15, -0.1) is 13.2 Å². The molecule has 30 heavy (non-hydrogen) atoms. The molecule has 0 unspecified atom stereocenters. The monoisotopic (exact) mass is 423 g/mol. The summed E-state index contributed by atoms with van der Waals surface area (Å²) in [5, 5.41) is 6.37. The Labute approximate surface area is 168 Å². The standard InChI is InChI=1S/C19H16F3N3O5/c20-19(21,22)30-15-5-2-1-4-13(15)10-23-17(26)12-28-18(27)16-7-6-14(29-16)11-25-9-3-8-24-25/h1-9H,10-12H2,(H,23,26). The lowest BCUT2D eigenvalue weighted by atomic mass is 10.2. The largest absolute Gasteiger partial charge is 0.573 e. The van der Waals surface area contributed by atoms with Crippen LogP contribution in [-0.4, -0.2) is 34.6 Å². The van der Waals surface area contributed by atoms with Crippen LogP contribution in [0.25, 0.3) is 0 Å². The maximum atomic E-state index is 12.4. The first kappa shape index (κ1) is 21.0. The Kier molecular flexibility index (Phi) is 6.40. The van der Waals surface area contributed by atoms with E-state index in [0.717, 1.165) is 6.07 Å². The molecule has 1 amide bonds. The van der Waals surface area contributed by atoms with Crippen LogP contribution in [0.15, 0.2) is 59.3 Å². The summed E-state index contributed by atoms with van der Waals surface area (Å²) in [7, 11) is 0. The summed E-state index contributed by atoms with van der Waals surface area (Å²) in [4.78, 5) is 23.9. The number of furan rings is 1. The summed E-state index contributed by atoms with van der Waals surface area (Å²) >= 11 is 0. The maximum absolute atomic E-state index is 12.4. The molecule has 0 saturated carbocycles. The summed E-state index contributed by atoms with van der Waals surface area (Å²) in [5.41, 5.74) is 0.115. The predicted octanol–water partition coefficient (Wildman–Crippen LogP) is 2.90. The number of benzene rings is 1. The maximum Gasteiger partial charge on any atom is 0.573 e. The smallest absolute Gasteiger partial charge is 0.452 e. The summed E-state index contributed by atoms with van der Waals surface area (Å²) in [6.07, 6.45) is -1.53. The fourth-order valence-electron chi connectivity index (χ4n) is 2.45. The van der Waals surface area contributed by atoms with Crippen LogP contribution in [0.4, 0.5) is 13.2 Å². The molecule has 3 aromatic rings. The van der Waals surface area contributed by atoms with E-state index < -0.39 is 30.6 Å². The number of amides is 1. The first-order chi connectivity index (χ1) is 14.3. The molecule has 0 fully saturated rings. The molecular weight excluding hydrogens is 407 g/mol. The number of carbonyl (C=O) groups is 2. The molecule has 158 valence electrons. The van der Waals surface area contributed by atoms with Gasteiger partial charge in [-0.3, -0.25) is 9.48 Å². The van der Waals surface area contributed by atoms with E-state index in [1.54, 1.807) is 29.2 Å². The second-order valence-electron chi connectivity index (χ2n) is 5.98. The van der Waals surface area contributed by atoms with Crippen LogP contribution in [0, 0.1) is 0 Å². The van der Waals surface area contributed by atoms with Crippen molar-refractivity contribution in [2.24, 2.45) is 0 Å². The van der Waals surface area contributed by atoms with E-state index in [1.807, 2.05) is 0 Å². The first-order valence-electron chi connectivity index (χ1n) is 8.64. The lowest BCUT2D eigenvalue weighted by Crippen LogP contribution is -2.29. The Hall–Kier alpha value is -3.76. The molecule has 0 bridgehead atoms. The van der Waals surface area contributed by atoms with Crippen molar-refractivity contribution >= 4 is 11.9 Å². The molecule has 0 aliphatic rings. The lowest BCUT2D eigenvalue weighted by Gasteiger charge is -2.13. The van der Waals surface area contributed by atoms with Gasteiger partial charge in [0.1, 0.15) is 11.5 Å². The Morgan fingerprint density at radius 1 is 1.13 bits per heavy atom. The molecule has 3 rings (SSSR count). The molecule has 1 N–H and O–H groups in total. The van der Waals surface area contributed by atoms with Crippen LogP contribution in [0.2, 0.25) is 0 Å². The molecule has 1 aromatic carbocycles. The van der Waals surface area contributed by atoms with Gasteiger partial charge < -0.3 is 19.2 Å². The van der Waals surface area contributed by atoms with Crippen molar-refractivity contribution in [3.8, 4) is 5.75 Å². The zero-order valence-corrected chi connectivity index (χ0v) is 15.4. The van der Waals surface area contributed by atoms with E-state index in [-0.39, 0.29) is 17.9 Å². The second-order valence-corrected chi connectivity index (χ2v) is 5.98. The number of alkyl halides is 3. The summed E-state index contributed by atoms with van der Waals surface area (Å²) in [6.45, 7) is -0.548. The van der Waals surface area contributed by atoms with Crippen molar-refractivity contribution in [2.45, 2.75) is 19.5 Å². The van der Waals surface area contributed by atoms with Crippen molar-refractivity contribution in [3.63, 3.8) is 0 Å². The first-order valence-corrected chi connectivity index (χ1v) is 8.64. The second kappa shape index (κ2) is 9.16. The number of esters is 1. The number of nitrogens with one attached hydrogen (secondary N) is 1. The van der Waals surface area contributed by atoms with E-state index in [9.17, 15) is 22.8 Å². The van der Waals surface area contributed by atoms with Crippen LogP contribution in [0.1, 0.15) is 21.9 Å². The number of hydrogen-bond acceptors (Lipinski definition) is 6. The summed E-state index contributed by atoms with van der Waals surface area (Å²) in [6, 6.07) is 10.1. The third kappa shape index (κ3) is 6.12.